The Morgan fingerprint density at radius 1 is 1.33 bits per heavy atom. The quantitative estimate of drug-likeness (QED) is 0.406. The van der Waals surface area contributed by atoms with E-state index in [2.05, 4.69) is 9.97 Å². The number of nitro groups is 1. The zero-order valence-electron chi connectivity index (χ0n) is 10.9. The molecule has 0 bridgehead atoms. The molecule has 21 heavy (non-hydrogen) atoms. The normalized spacial score (nSPS) is 10.8. The lowest BCUT2D eigenvalue weighted by atomic mass is 10.2. The predicted molar refractivity (Wildman–Crippen MR) is 77.1 cm³/mol. The van der Waals surface area contributed by atoms with Gasteiger partial charge in [0.2, 0.25) is 5.95 Å². The van der Waals surface area contributed by atoms with Crippen LogP contribution >= 0.6 is 0 Å². The van der Waals surface area contributed by atoms with Crippen LogP contribution < -0.4 is 11.5 Å². The minimum atomic E-state index is -3.66. The summed E-state index contributed by atoms with van der Waals surface area (Å²) >= 11 is 0. The van der Waals surface area contributed by atoms with Gasteiger partial charge in [0.15, 0.2) is 0 Å². The van der Waals surface area contributed by atoms with Crippen LogP contribution in [-0.2, 0) is 10.1 Å². The van der Waals surface area contributed by atoms with Crippen molar-refractivity contribution in [1.29, 1.82) is 0 Å². The Morgan fingerprint density at radius 3 is 2.38 bits per heavy atom. The van der Waals surface area contributed by atoms with Crippen LogP contribution in [0.3, 0.4) is 0 Å². The van der Waals surface area contributed by atoms with E-state index < -0.39 is 15.0 Å². The Morgan fingerprint density at radius 2 is 1.90 bits per heavy atom. The molecule has 1 aromatic carbocycles. The first kappa shape index (κ1) is 16.5. The summed E-state index contributed by atoms with van der Waals surface area (Å²) in [5, 5.41) is 11.0. The van der Waals surface area contributed by atoms with Gasteiger partial charge < -0.3 is 11.5 Å². The number of benzene rings is 1. The molecule has 0 atom stereocenters. The van der Waals surface area contributed by atoms with Crippen molar-refractivity contribution in [3.8, 4) is 0 Å². The lowest BCUT2D eigenvalue weighted by Crippen LogP contribution is -2.00. The first-order valence-electron chi connectivity index (χ1n) is 5.56. The maximum absolute atomic E-state index is 10.5. The molecule has 0 saturated heterocycles. The standard InChI is InChI=1S/C8H7N5O2.C2H6O3S/c9-7-5-3-4(13(14)15)1-2-6(5)11-8(10)12-7;1-2-6(3,4)5/h1-3H,(H4,9,10,11,12);2H2,1H3,(H,3,4,5). The molecule has 0 saturated carbocycles. The molecule has 0 aliphatic heterocycles. The van der Waals surface area contributed by atoms with Gasteiger partial charge in [0.05, 0.1) is 16.2 Å². The molecule has 1 aromatic heterocycles. The second-order valence-corrected chi connectivity index (χ2v) is 5.54. The molecule has 0 unspecified atom stereocenters. The highest BCUT2D eigenvalue weighted by Gasteiger charge is 2.09. The van der Waals surface area contributed by atoms with Crippen molar-refractivity contribution in [3.63, 3.8) is 0 Å². The van der Waals surface area contributed by atoms with Gasteiger partial charge in [0.25, 0.3) is 15.8 Å². The van der Waals surface area contributed by atoms with Crippen molar-refractivity contribution >= 4 is 38.5 Å². The van der Waals surface area contributed by atoms with E-state index in [1.165, 1.54) is 25.1 Å². The Balaban J connectivity index is 0.000000315. The van der Waals surface area contributed by atoms with Gasteiger partial charge in [-0.25, -0.2) is 4.98 Å². The van der Waals surface area contributed by atoms with Gasteiger partial charge in [-0.1, -0.05) is 0 Å². The van der Waals surface area contributed by atoms with E-state index in [9.17, 15) is 18.5 Å². The van der Waals surface area contributed by atoms with E-state index >= 15 is 0 Å². The molecule has 2 rings (SSSR count). The monoisotopic (exact) mass is 315 g/mol. The van der Waals surface area contributed by atoms with Gasteiger partial charge in [0.1, 0.15) is 5.82 Å². The zero-order valence-corrected chi connectivity index (χ0v) is 11.7. The van der Waals surface area contributed by atoms with E-state index in [4.69, 9.17) is 16.0 Å². The molecular formula is C10H13N5O5S. The van der Waals surface area contributed by atoms with Crippen LogP contribution in [0.25, 0.3) is 10.9 Å². The lowest BCUT2D eigenvalue weighted by Gasteiger charge is -2.01. The van der Waals surface area contributed by atoms with Gasteiger partial charge in [-0.05, 0) is 13.0 Å². The summed E-state index contributed by atoms with van der Waals surface area (Å²) in [5.41, 5.74) is 11.4. The summed E-state index contributed by atoms with van der Waals surface area (Å²) in [7, 11) is -3.66. The number of nitro benzene ring substituents is 1. The third kappa shape index (κ3) is 4.81. The minimum Gasteiger partial charge on any atom is -0.383 e. The third-order valence-corrected chi connectivity index (χ3v) is 3.03. The zero-order chi connectivity index (χ0) is 16.2. The van der Waals surface area contributed by atoms with Crippen LogP contribution in [0, 0.1) is 10.1 Å². The van der Waals surface area contributed by atoms with Crippen LogP contribution in [-0.4, -0.2) is 33.6 Å². The molecule has 5 N–H and O–H groups in total. The molecule has 0 amide bonds. The van der Waals surface area contributed by atoms with Crippen molar-refractivity contribution in [2.45, 2.75) is 6.92 Å². The smallest absolute Gasteiger partial charge is 0.270 e. The largest absolute Gasteiger partial charge is 0.383 e. The topological polar surface area (TPSA) is 175 Å². The number of rotatable bonds is 2. The molecule has 0 aliphatic rings. The lowest BCUT2D eigenvalue weighted by molar-refractivity contribution is -0.384. The van der Waals surface area contributed by atoms with Gasteiger partial charge in [-0.3, -0.25) is 14.7 Å². The number of non-ortho nitro benzene ring substituents is 1. The number of aromatic nitrogens is 2. The summed E-state index contributed by atoms with van der Waals surface area (Å²) in [5.74, 6) is -0.0115. The van der Waals surface area contributed by atoms with Crippen molar-refractivity contribution in [1.82, 2.24) is 9.97 Å². The number of nitrogens with two attached hydrogens (primary N) is 2. The molecule has 11 heteroatoms. The Kier molecular flexibility index (Phi) is 4.94. The third-order valence-electron chi connectivity index (χ3n) is 2.30. The number of nitrogens with zero attached hydrogens (tertiary/aromatic N) is 3. The summed E-state index contributed by atoms with van der Waals surface area (Å²) < 4.78 is 26.9. The average molecular weight is 315 g/mol. The fourth-order valence-corrected chi connectivity index (χ4v) is 1.27. The summed E-state index contributed by atoms with van der Waals surface area (Å²) in [6.07, 6.45) is 0. The molecule has 0 spiro atoms. The summed E-state index contributed by atoms with van der Waals surface area (Å²) in [6, 6.07) is 4.15. The van der Waals surface area contributed by atoms with Crippen LogP contribution in [0.5, 0.6) is 0 Å². The Labute approximate surface area is 119 Å². The van der Waals surface area contributed by atoms with Crippen molar-refractivity contribution in [3.05, 3.63) is 28.3 Å². The van der Waals surface area contributed by atoms with Gasteiger partial charge in [0, 0.05) is 17.5 Å². The fraction of sp³-hybridized carbons (Fsp3) is 0.200. The maximum Gasteiger partial charge on any atom is 0.270 e. The van der Waals surface area contributed by atoms with Crippen molar-refractivity contribution in [2.24, 2.45) is 0 Å². The molecule has 1 heterocycles. The molecule has 0 radical (unpaired) electrons. The van der Waals surface area contributed by atoms with Crippen LogP contribution in [0.2, 0.25) is 0 Å². The second kappa shape index (κ2) is 6.28. The number of anilines is 2. The van der Waals surface area contributed by atoms with Crippen LogP contribution in [0.1, 0.15) is 6.92 Å². The van der Waals surface area contributed by atoms with Crippen molar-refractivity contribution < 1.29 is 17.9 Å². The number of hydrogen-bond acceptors (Lipinski definition) is 8. The van der Waals surface area contributed by atoms with E-state index in [1.807, 2.05) is 0 Å². The molecule has 114 valence electrons. The SMILES string of the molecule is CCS(=O)(=O)O.Nc1nc(N)c2cc([N+](=O)[O-])ccc2n1. The Hall–Kier alpha value is -2.53. The number of hydrogen-bond donors (Lipinski definition) is 3. The summed E-state index contributed by atoms with van der Waals surface area (Å²) in [4.78, 5) is 17.6. The van der Waals surface area contributed by atoms with E-state index in [-0.39, 0.29) is 23.2 Å². The molecule has 10 nitrogen and oxygen atoms in total. The van der Waals surface area contributed by atoms with E-state index in [0.717, 1.165) is 0 Å². The van der Waals surface area contributed by atoms with Gasteiger partial charge in [-0.15, -0.1) is 0 Å². The van der Waals surface area contributed by atoms with Gasteiger partial charge >= 0.3 is 0 Å². The highest BCUT2D eigenvalue weighted by molar-refractivity contribution is 7.85. The number of nitrogen functional groups attached to an aromatic ring is 2. The first-order chi connectivity index (χ1) is 9.64. The average Bonchev–Trinajstić information content (AvgIpc) is 2.38. The molecule has 0 fully saturated rings. The maximum atomic E-state index is 10.5. The second-order valence-electron chi connectivity index (χ2n) is 3.80. The van der Waals surface area contributed by atoms with Crippen LogP contribution in [0.15, 0.2) is 18.2 Å². The van der Waals surface area contributed by atoms with Gasteiger partial charge in [-0.2, -0.15) is 13.4 Å². The van der Waals surface area contributed by atoms with Crippen molar-refractivity contribution in [2.75, 3.05) is 17.2 Å². The van der Waals surface area contributed by atoms with E-state index in [1.54, 1.807) is 0 Å². The number of fused-ring (bicyclic) bond motifs is 1. The van der Waals surface area contributed by atoms with E-state index in [0.29, 0.717) is 10.9 Å². The highest BCUT2D eigenvalue weighted by Crippen LogP contribution is 2.23. The summed E-state index contributed by atoms with van der Waals surface area (Å²) in [6.45, 7) is 1.37. The Bertz CT molecular complexity index is 777. The predicted octanol–water partition coefficient (Wildman–Crippen LogP) is 0.597. The highest BCUT2D eigenvalue weighted by atomic mass is 32.2. The molecular weight excluding hydrogens is 302 g/mol. The molecule has 2 aromatic rings. The van der Waals surface area contributed by atoms with Crippen LogP contribution in [0.4, 0.5) is 17.5 Å². The molecule has 0 aliphatic carbocycles. The first-order valence-corrected chi connectivity index (χ1v) is 7.17. The minimum absolute atomic E-state index is 0.0499. The fourth-order valence-electron chi connectivity index (χ4n) is 1.27.